The van der Waals surface area contributed by atoms with E-state index >= 15 is 0 Å². The van der Waals surface area contributed by atoms with Gasteiger partial charge in [0.05, 0.1) is 5.60 Å². The van der Waals surface area contributed by atoms with E-state index in [9.17, 15) is 0 Å². The molecule has 0 aromatic carbocycles. The molecular formula is C12H26N2O. The van der Waals surface area contributed by atoms with Crippen LogP contribution in [0.15, 0.2) is 0 Å². The molecule has 0 aliphatic carbocycles. The Morgan fingerprint density at radius 3 is 2.67 bits per heavy atom. The molecule has 3 heteroatoms. The Balaban J connectivity index is 2.41. The van der Waals surface area contributed by atoms with Gasteiger partial charge >= 0.3 is 0 Å². The van der Waals surface area contributed by atoms with Crippen molar-refractivity contribution in [3.8, 4) is 0 Å². The van der Waals surface area contributed by atoms with E-state index in [2.05, 4.69) is 38.0 Å². The molecule has 1 N–H and O–H groups in total. The number of hydrogen-bond donors (Lipinski definition) is 1. The minimum absolute atomic E-state index is 0.0142. The van der Waals surface area contributed by atoms with E-state index in [1.165, 1.54) is 6.42 Å². The maximum atomic E-state index is 5.48. The van der Waals surface area contributed by atoms with Crippen LogP contribution in [0.2, 0.25) is 0 Å². The normalized spacial score (nSPS) is 24.8. The molecule has 0 radical (unpaired) electrons. The molecule has 0 bridgehead atoms. The van der Waals surface area contributed by atoms with Gasteiger partial charge in [-0.25, -0.2) is 0 Å². The Morgan fingerprint density at radius 1 is 1.53 bits per heavy atom. The maximum absolute atomic E-state index is 5.48. The molecule has 15 heavy (non-hydrogen) atoms. The molecule has 1 heterocycles. The summed E-state index contributed by atoms with van der Waals surface area (Å²) in [6.45, 7) is 8.90. The van der Waals surface area contributed by atoms with E-state index in [1.807, 2.05) is 0 Å². The topological polar surface area (TPSA) is 24.5 Å². The third-order valence-corrected chi connectivity index (χ3v) is 3.65. The van der Waals surface area contributed by atoms with Gasteiger partial charge in [-0.15, -0.1) is 0 Å². The number of nitrogens with one attached hydrogen (secondary N) is 1. The van der Waals surface area contributed by atoms with Gasteiger partial charge in [0.25, 0.3) is 0 Å². The summed E-state index contributed by atoms with van der Waals surface area (Å²) in [5.74, 6) is 0. The highest BCUT2D eigenvalue weighted by molar-refractivity contribution is 4.84. The van der Waals surface area contributed by atoms with Gasteiger partial charge in [-0.2, -0.15) is 0 Å². The summed E-state index contributed by atoms with van der Waals surface area (Å²) in [4.78, 5) is 2.49. The molecule has 1 fully saturated rings. The van der Waals surface area contributed by atoms with Crippen LogP contribution in [0.3, 0.4) is 0 Å². The summed E-state index contributed by atoms with van der Waals surface area (Å²) in [6, 6.07) is 1.28. The van der Waals surface area contributed by atoms with Crippen molar-refractivity contribution >= 4 is 0 Å². The van der Waals surface area contributed by atoms with Crippen LogP contribution in [0, 0.1) is 0 Å². The molecule has 1 rings (SSSR count). The summed E-state index contributed by atoms with van der Waals surface area (Å²) >= 11 is 0. The molecule has 1 aliphatic rings. The van der Waals surface area contributed by atoms with Crippen molar-refractivity contribution in [2.24, 2.45) is 0 Å². The van der Waals surface area contributed by atoms with E-state index < -0.39 is 0 Å². The zero-order valence-electron chi connectivity index (χ0n) is 10.8. The Labute approximate surface area is 94.2 Å². The van der Waals surface area contributed by atoms with Crippen LogP contribution < -0.4 is 5.32 Å². The van der Waals surface area contributed by atoms with Crippen molar-refractivity contribution in [1.29, 1.82) is 0 Å². The SMILES string of the molecule is COC(C)(C)CC(C)N(C)C1CCNC1. The second kappa shape index (κ2) is 5.28. The largest absolute Gasteiger partial charge is 0.379 e. The first kappa shape index (κ1) is 12.9. The lowest BCUT2D eigenvalue weighted by Gasteiger charge is -2.35. The number of likely N-dealkylation sites (N-methyl/N-ethyl adjacent to an activating group) is 1. The molecule has 0 spiro atoms. The lowest BCUT2D eigenvalue weighted by Crippen LogP contribution is -2.43. The summed E-state index contributed by atoms with van der Waals surface area (Å²) in [5.41, 5.74) is -0.0142. The predicted octanol–water partition coefficient (Wildman–Crippen LogP) is 1.48. The zero-order valence-corrected chi connectivity index (χ0v) is 10.8. The Bertz CT molecular complexity index is 188. The summed E-state index contributed by atoms with van der Waals surface area (Å²) in [7, 11) is 4.03. The van der Waals surface area contributed by atoms with E-state index in [-0.39, 0.29) is 5.60 Å². The van der Waals surface area contributed by atoms with Crippen LogP contribution in [-0.2, 0) is 4.74 Å². The first-order valence-corrected chi connectivity index (χ1v) is 5.94. The highest BCUT2D eigenvalue weighted by atomic mass is 16.5. The second-order valence-corrected chi connectivity index (χ2v) is 5.33. The monoisotopic (exact) mass is 214 g/mol. The molecular weight excluding hydrogens is 188 g/mol. The summed E-state index contributed by atoms with van der Waals surface area (Å²) < 4.78 is 5.48. The van der Waals surface area contributed by atoms with Gasteiger partial charge in [0.1, 0.15) is 0 Å². The third-order valence-electron chi connectivity index (χ3n) is 3.65. The summed E-state index contributed by atoms with van der Waals surface area (Å²) in [6.07, 6.45) is 2.35. The van der Waals surface area contributed by atoms with Crippen LogP contribution in [0.4, 0.5) is 0 Å². The first-order chi connectivity index (χ1) is 6.96. The van der Waals surface area contributed by atoms with Crippen LogP contribution in [0.1, 0.15) is 33.6 Å². The number of nitrogens with zero attached hydrogens (tertiary/aromatic N) is 1. The van der Waals surface area contributed by atoms with Gasteiger partial charge in [-0.05, 0) is 47.2 Å². The van der Waals surface area contributed by atoms with E-state index in [0.717, 1.165) is 19.5 Å². The molecule has 1 saturated heterocycles. The van der Waals surface area contributed by atoms with Gasteiger partial charge in [0.2, 0.25) is 0 Å². The average molecular weight is 214 g/mol. The minimum atomic E-state index is -0.0142. The summed E-state index contributed by atoms with van der Waals surface area (Å²) in [5, 5.41) is 3.41. The molecule has 2 atom stereocenters. The van der Waals surface area contributed by atoms with Crippen molar-refractivity contribution in [3.63, 3.8) is 0 Å². The van der Waals surface area contributed by atoms with Crippen LogP contribution in [0.25, 0.3) is 0 Å². The fraction of sp³-hybridized carbons (Fsp3) is 1.00. The number of methoxy groups -OCH3 is 1. The molecule has 90 valence electrons. The number of rotatable bonds is 5. The molecule has 2 unspecified atom stereocenters. The first-order valence-electron chi connectivity index (χ1n) is 5.94. The van der Waals surface area contributed by atoms with Crippen molar-refractivity contribution < 1.29 is 4.74 Å². The predicted molar refractivity (Wildman–Crippen MR) is 64.2 cm³/mol. The van der Waals surface area contributed by atoms with Gasteiger partial charge in [0, 0.05) is 25.7 Å². The quantitative estimate of drug-likeness (QED) is 0.750. The fourth-order valence-electron chi connectivity index (χ4n) is 2.29. The van der Waals surface area contributed by atoms with Crippen molar-refractivity contribution in [1.82, 2.24) is 10.2 Å². The van der Waals surface area contributed by atoms with Crippen LogP contribution >= 0.6 is 0 Å². The second-order valence-electron chi connectivity index (χ2n) is 5.33. The Hall–Kier alpha value is -0.120. The smallest absolute Gasteiger partial charge is 0.0637 e. The van der Waals surface area contributed by atoms with Gasteiger partial charge in [-0.1, -0.05) is 0 Å². The molecule has 0 amide bonds. The van der Waals surface area contributed by atoms with Crippen LogP contribution in [0.5, 0.6) is 0 Å². The standard InChI is InChI=1S/C12H26N2O/c1-10(8-12(2,3)15-5)14(4)11-6-7-13-9-11/h10-11,13H,6-9H2,1-5H3. The molecule has 0 aromatic heterocycles. The van der Waals surface area contributed by atoms with E-state index in [0.29, 0.717) is 12.1 Å². The average Bonchev–Trinajstić information content (AvgIpc) is 2.68. The highest BCUT2D eigenvalue weighted by Crippen LogP contribution is 2.20. The van der Waals surface area contributed by atoms with Crippen molar-refractivity contribution in [3.05, 3.63) is 0 Å². The fourth-order valence-corrected chi connectivity index (χ4v) is 2.29. The molecule has 0 aromatic rings. The number of ether oxygens (including phenoxy) is 1. The molecule has 3 nitrogen and oxygen atoms in total. The lowest BCUT2D eigenvalue weighted by molar-refractivity contribution is -0.00706. The van der Waals surface area contributed by atoms with Gasteiger partial charge in [-0.3, -0.25) is 4.90 Å². The Kier molecular flexibility index (Phi) is 4.56. The molecule has 0 saturated carbocycles. The lowest BCUT2D eigenvalue weighted by atomic mass is 9.98. The molecule has 1 aliphatic heterocycles. The van der Waals surface area contributed by atoms with E-state index in [1.54, 1.807) is 7.11 Å². The third kappa shape index (κ3) is 3.74. The minimum Gasteiger partial charge on any atom is -0.379 e. The number of hydrogen-bond acceptors (Lipinski definition) is 3. The highest BCUT2D eigenvalue weighted by Gasteiger charge is 2.27. The van der Waals surface area contributed by atoms with E-state index in [4.69, 9.17) is 4.74 Å². The Morgan fingerprint density at radius 2 is 2.20 bits per heavy atom. The zero-order chi connectivity index (χ0) is 11.5. The van der Waals surface area contributed by atoms with Gasteiger partial charge in [0.15, 0.2) is 0 Å². The van der Waals surface area contributed by atoms with Crippen molar-refractivity contribution in [2.75, 3.05) is 27.2 Å². The van der Waals surface area contributed by atoms with Crippen LogP contribution in [-0.4, -0.2) is 49.8 Å². The maximum Gasteiger partial charge on any atom is 0.0637 e. The van der Waals surface area contributed by atoms with Crippen molar-refractivity contribution in [2.45, 2.75) is 51.3 Å². The van der Waals surface area contributed by atoms with Gasteiger partial charge < -0.3 is 10.1 Å².